The van der Waals surface area contributed by atoms with Gasteiger partial charge in [-0.05, 0) is 45.4 Å². The molecule has 1 atom stereocenters. The number of aromatic nitrogens is 1. The maximum Gasteiger partial charge on any atom is 0.247 e. The molecule has 3 amide bonds. The van der Waals surface area contributed by atoms with Crippen molar-refractivity contribution < 1.29 is 23.6 Å². The molecular weight excluding hydrogens is 424 g/mol. The fraction of sp³-hybridized carbons (Fsp3) is 0.417. The van der Waals surface area contributed by atoms with Gasteiger partial charge in [-0.15, -0.1) is 6.58 Å². The molecule has 9 nitrogen and oxygen atoms in total. The highest BCUT2D eigenvalue weighted by Crippen LogP contribution is 2.26. The van der Waals surface area contributed by atoms with Crippen molar-refractivity contribution in [3.8, 4) is 5.75 Å². The first-order chi connectivity index (χ1) is 15.5. The molecule has 0 aliphatic heterocycles. The van der Waals surface area contributed by atoms with Crippen LogP contribution >= 0.6 is 0 Å². The number of aryl methyl sites for hydroxylation is 1. The molecule has 33 heavy (non-hydrogen) atoms. The van der Waals surface area contributed by atoms with Gasteiger partial charge in [-0.1, -0.05) is 23.4 Å². The van der Waals surface area contributed by atoms with Crippen molar-refractivity contribution >= 4 is 23.5 Å². The van der Waals surface area contributed by atoms with Gasteiger partial charge in [0.2, 0.25) is 17.7 Å². The Kier molecular flexibility index (Phi) is 8.78. The van der Waals surface area contributed by atoms with E-state index >= 15 is 0 Å². The monoisotopic (exact) mass is 456 g/mol. The second kappa shape index (κ2) is 11.3. The Hall–Kier alpha value is -3.62. The van der Waals surface area contributed by atoms with Gasteiger partial charge in [-0.3, -0.25) is 14.4 Å². The van der Waals surface area contributed by atoms with Gasteiger partial charge in [-0.25, -0.2) is 0 Å². The predicted octanol–water partition coefficient (Wildman–Crippen LogP) is 3.38. The number of methoxy groups -OCH3 is 1. The number of nitrogens with zero attached hydrogens (tertiary/aromatic N) is 2. The van der Waals surface area contributed by atoms with Crippen LogP contribution in [0.1, 0.15) is 51.0 Å². The summed E-state index contributed by atoms with van der Waals surface area (Å²) in [7, 11) is 1.55. The lowest BCUT2D eigenvalue weighted by Crippen LogP contribution is -2.49. The second-order valence-corrected chi connectivity index (χ2v) is 8.62. The number of carbonyl (C=O) groups excluding carboxylic acids is 3. The van der Waals surface area contributed by atoms with Crippen LogP contribution in [-0.4, -0.2) is 47.0 Å². The molecule has 0 fully saturated rings. The third-order valence-corrected chi connectivity index (χ3v) is 4.60. The van der Waals surface area contributed by atoms with E-state index in [1.54, 1.807) is 50.4 Å². The summed E-state index contributed by atoms with van der Waals surface area (Å²) in [5, 5.41) is 9.24. The van der Waals surface area contributed by atoms with Crippen LogP contribution in [0.4, 0.5) is 5.82 Å². The van der Waals surface area contributed by atoms with Crippen LogP contribution in [0, 0.1) is 6.92 Å². The zero-order valence-corrected chi connectivity index (χ0v) is 19.8. The molecule has 0 unspecified atom stereocenters. The molecule has 1 aromatic carbocycles. The number of hydrogen-bond donors (Lipinski definition) is 2. The molecule has 0 aliphatic rings. The van der Waals surface area contributed by atoms with E-state index in [9.17, 15) is 14.4 Å². The number of carbonyl (C=O) groups is 3. The Morgan fingerprint density at radius 2 is 1.88 bits per heavy atom. The van der Waals surface area contributed by atoms with Crippen molar-refractivity contribution in [3.63, 3.8) is 0 Å². The van der Waals surface area contributed by atoms with Gasteiger partial charge in [-0.2, -0.15) is 0 Å². The second-order valence-electron chi connectivity index (χ2n) is 8.62. The number of amides is 3. The zero-order valence-electron chi connectivity index (χ0n) is 19.8. The van der Waals surface area contributed by atoms with Gasteiger partial charge >= 0.3 is 0 Å². The molecule has 0 aliphatic carbocycles. The number of anilines is 1. The standard InChI is InChI=1S/C24H32N4O5/c1-7-14-28(21(30)13-12-20(29)25-19-15-16(2)33-27-19)22(23(31)26-24(3,4)5)17-8-10-18(32-6)11-9-17/h7-11,15,22H,1,12-14H2,2-6H3,(H,26,31)(H,25,27,29)/t22-/m0/s1. The molecule has 2 N–H and O–H groups in total. The van der Waals surface area contributed by atoms with Crippen molar-refractivity contribution in [2.24, 2.45) is 0 Å². The topological polar surface area (TPSA) is 114 Å². The van der Waals surface area contributed by atoms with E-state index in [2.05, 4.69) is 22.4 Å². The molecule has 0 radical (unpaired) electrons. The van der Waals surface area contributed by atoms with Gasteiger partial charge in [0.15, 0.2) is 5.82 Å². The first-order valence-electron chi connectivity index (χ1n) is 10.6. The van der Waals surface area contributed by atoms with E-state index in [0.29, 0.717) is 17.1 Å². The number of hydrogen-bond acceptors (Lipinski definition) is 6. The van der Waals surface area contributed by atoms with Gasteiger partial charge < -0.3 is 24.8 Å². The summed E-state index contributed by atoms with van der Waals surface area (Å²) in [5.41, 5.74) is 0.121. The summed E-state index contributed by atoms with van der Waals surface area (Å²) in [6.07, 6.45) is 1.39. The molecular formula is C24H32N4O5. The minimum absolute atomic E-state index is 0.0748. The van der Waals surface area contributed by atoms with Crippen molar-refractivity contribution in [1.29, 1.82) is 0 Å². The van der Waals surface area contributed by atoms with E-state index in [0.717, 1.165) is 0 Å². The smallest absolute Gasteiger partial charge is 0.247 e. The number of benzene rings is 1. The molecule has 1 aromatic heterocycles. The molecule has 0 spiro atoms. The van der Waals surface area contributed by atoms with E-state index in [1.165, 1.54) is 4.90 Å². The fourth-order valence-electron chi connectivity index (χ4n) is 3.18. The lowest BCUT2D eigenvalue weighted by molar-refractivity contribution is -0.141. The summed E-state index contributed by atoms with van der Waals surface area (Å²) < 4.78 is 10.1. The van der Waals surface area contributed by atoms with Crippen LogP contribution in [0.2, 0.25) is 0 Å². The molecule has 9 heteroatoms. The van der Waals surface area contributed by atoms with Crippen LogP contribution in [0.3, 0.4) is 0 Å². The largest absolute Gasteiger partial charge is 0.497 e. The fourth-order valence-corrected chi connectivity index (χ4v) is 3.18. The van der Waals surface area contributed by atoms with Crippen LogP contribution in [-0.2, 0) is 14.4 Å². The van der Waals surface area contributed by atoms with Crippen LogP contribution in [0.15, 0.2) is 47.5 Å². The Morgan fingerprint density at radius 1 is 1.21 bits per heavy atom. The predicted molar refractivity (Wildman–Crippen MR) is 125 cm³/mol. The number of rotatable bonds is 10. The van der Waals surface area contributed by atoms with Crippen LogP contribution < -0.4 is 15.4 Å². The minimum atomic E-state index is -0.901. The van der Waals surface area contributed by atoms with Crippen LogP contribution in [0.5, 0.6) is 5.75 Å². The zero-order chi connectivity index (χ0) is 24.6. The Bertz CT molecular complexity index is 975. The summed E-state index contributed by atoms with van der Waals surface area (Å²) in [5.74, 6) is 0.418. The molecule has 0 bridgehead atoms. The maximum atomic E-state index is 13.2. The molecule has 2 aromatic rings. The number of nitrogens with one attached hydrogen (secondary N) is 2. The van der Waals surface area contributed by atoms with Gasteiger partial charge in [0.1, 0.15) is 17.6 Å². The van der Waals surface area contributed by atoms with Crippen molar-refractivity contribution in [2.75, 3.05) is 19.0 Å². The van der Waals surface area contributed by atoms with E-state index in [4.69, 9.17) is 9.26 Å². The first-order valence-corrected chi connectivity index (χ1v) is 10.6. The highest BCUT2D eigenvalue weighted by molar-refractivity contribution is 5.94. The van der Waals surface area contributed by atoms with E-state index in [-0.39, 0.29) is 42.9 Å². The van der Waals surface area contributed by atoms with Crippen molar-refractivity contribution in [3.05, 3.63) is 54.3 Å². The third kappa shape index (κ3) is 7.78. The first kappa shape index (κ1) is 25.6. The average Bonchev–Trinajstić information content (AvgIpc) is 3.15. The maximum absolute atomic E-state index is 13.2. The lowest BCUT2D eigenvalue weighted by atomic mass is 10.0. The Labute approximate surface area is 194 Å². The molecule has 178 valence electrons. The quantitative estimate of drug-likeness (QED) is 0.530. The summed E-state index contributed by atoms with van der Waals surface area (Å²) in [6.45, 7) is 11.2. The molecule has 0 saturated heterocycles. The Morgan fingerprint density at radius 3 is 2.39 bits per heavy atom. The van der Waals surface area contributed by atoms with Crippen molar-refractivity contribution in [1.82, 2.24) is 15.4 Å². The average molecular weight is 457 g/mol. The third-order valence-electron chi connectivity index (χ3n) is 4.60. The Balaban J connectivity index is 2.22. The van der Waals surface area contributed by atoms with E-state index < -0.39 is 11.6 Å². The SMILES string of the molecule is C=CCN(C(=O)CCC(=O)Nc1cc(C)on1)[C@H](C(=O)NC(C)(C)C)c1ccc(OC)cc1. The van der Waals surface area contributed by atoms with Gasteiger partial charge in [0, 0.05) is 31.0 Å². The van der Waals surface area contributed by atoms with Gasteiger partial charge in [0.05, 0.1) is 7.11 Å². The summed E-state index contributed by atoms with van der Waals surface area (Å²) in [4.78, 5) is 40.1. The summed E-state index contributed by atoms with van der Waals surface area (Å²) >= 11 is 0. The number of ether oxygens (including phenoxy) is 1. The molecule has 2 rings (SSSR count). The van der Waals surface area contributed by atoms with Crippen LogP contribution in [0.25, 0.3) is 0 Å². The normalized spacial score (nSPS) is 11.9. The highest BCUT2D eigenvalue weighted by atomic mass is 16.5. The van der Waals surface area contributed by atoms with Crippen molar-refractivity contribution in [2.45, 2.75) is 52.1 Å². The summed E-state index contributed by atoms with van der Waals surface area (Å²) in [6, 6.07) is 7.64. The highest BCUT2D eigenvalue weighted by Gasteiger charge is 2.32. The molecule has 1 heterocycles. The lowest BCUT2D eigenvalue weighted by Gasteiger charge is -2.33. The minimum Gasteiger partial charge on any atom is -0.497 e. The molecule has 0 saturated carbocycles. The van der Waals surface area contributed by atoms with E-state index in [1.807, 2.05) is 20.8 Å². The van der Waals surface area contributed by atoms with Gasteiger partial charge in [0.25, 0.3) is 0 Å².